The van der Waals surface area contributed by atoms with E-state index in [4.69, 9.17) is 5.11 Å². The predicted octanol–water partition coefficient (Wildman–Crippen LogP) is 2.09. The standard InChI is InChI=1S/C11H8N2O3S/c14-10(13-8-2-4-17-6-8)7-1-3-12-9(5-7)11(15)16/h1-6H,(H,13,14)(H,15,16). The fraction of sp³-hybridized carbons (Fsp3) is 0. The molecule has 0 spiro atoms. The minimum Gasteiger partial charge on any atom is -0.477 e. The van der Waals surface area contributed by atoms with Gasteiger partial charge in [-0.15, -0.1) is 0 Å². The first-order chi connectivity index (χ1) is 8.16. The summed E-state index contributed by atoms with van der Waals surface area (Å²) in [5.41, 5.74) is 0.806. The van der Waals surface area contributed by atoms with Gasteiger partial charge in [-0.1, -0.05) is 0 Å². The quantitative estimate of drug-likeness (QED) is 0.871. The summed E-state index contributed by atoms with van der Waals surface area (Å²) < 4.78 is 0. The van der Waals surface area contributed by atoms with Crippen molar-refractivity contribution < 1.29 is 14.7 Å². The molecule has 0 bridgehead atoms. The molecule has 0 saturated heterocycles. The molecule has 0 unspecified atom stereocenters. The Balaban J connectivity index is 2.19. The highest BCUT2D eigenvalue weighted by molar-refractivity contribution is 7.08. The minimum atomic E-state index is -1.16. The zero-order chi connectivity index (χ0) is 12.3. The van der Waals surface area contributed by atoms with E-state index in [0.717, 1.165) is 0 Å². The third-order valence-electron chi connectivity index (χ3n) is 2.02. The number of nitrogens with one attached hydrogen (secondary N) is 1. The number of amides is 1. The van der Waals surface area contributed by atoms with Gasteiger partial charge in [-0.05, 0) is 23.6 Å². The van der Waals surface area contributed by atoms with Crippen molar-refractivity contribution in [1.82, 2.24) is 4.98 Å². The van der Waals surface area contributed by atoms with Gasteiger partial charge in [0, 0.05) is 17.1 Å². The van der Waals surface area contributed by atoms with E-state index in [2.05, 4.69) is 10.3 Å². The first-order valence-electron chi connectivity index (χ1n) is 4.70. The molecule has 6 heteroatoms. The number of hydrogen-bond donors (Lipinski definition) is 2. The van der Waals surface area contributed by atoms with Crippen molar-refractivity contribution in [1.29, 1.82) is 0 Å². The summed E-state index contributed by atoms with van der Waals surface area (Å²) in [7, 11) is 0. The smallest absolute Gasteiger partial charge is 0.354 e. The van der Waals surface area contributed by atoms with Crippen molar-refractivity contribution >= 4 is 28.9 Å². The van der Waals surface area contributed by atoms with Gasteiger partial charge < -0.3 is 10.4 Å². The molecule has 0 aliphatic rings. The highest BCUT2D eigenvalue weighted by Gasteiger charge is 2.10. The molecule has 0 saturated carbocycles. The Kier molecular flexibility index (Phi) is 3.15. The van der Waals surface area contributed by atoms with Crippen LogP contribution in [-0.2, 0) is 0 Å². The van der Waals surface area contributed by atoms with Gasteiger partial charge in [-0.25, -0.2) is 9.78 Å². The largest absolute Gasteiger partial charge is 0.477 e. The number of hydrogen-bond acceptors (Lipinski definition) is 4. The third kappa shape index (κ3) is 2.67. The van der Waals surface area contributed by atoms with Gasteiger partial charge in [-0.2, -0.15) is 11.3 Å². The second-order valence-electron chi connectivity index (χ2n) is 3.20. The summed E-state index contributed by atoms with van der Waals surface area (Å²) in [6, 6.07) is 4.47. The number of thiophene rings is 1. The highest BCUT2D eigenvalue weighted by Crippen LogP contribution is 2.13. The maximum absolute atomic E-state index is 11.8. The third-order valence-corrected chi connectivity index (χ3v) is 2.70. The van der Waals surface area contributed by atoms with Crippen LogP contribution in [0.15, 0.2) is 35.2 Å². The molecule has 17 heavy (non-hydrogen) atoms. The van der Waals surface area contributed by atoms with Crippen LogP contribution in [0.25, 0.3) is 0 Å². The summed E-state index contributed by atoms with van der Waals surface area (Å²) >= 11 is 1.46. The molecule has 2 N–H and O–H groups in total. The Labute approximate surface area is 101 Å². The second kappa shape index (κ2) is 4.75. The Bertz CT molecular complexity index is 552. The molecular weight excluding hydrogens is 240 g/mol. The van der Waals surface area contributed by atoms with Crippen LogP contribution in [0.4, 0.5) is 5.69 Å². The van der Waals surface area contributed by atoms with Gasteiger partial charge in [0.15, 0.2) is 0 Å². The average Bonchev–Trinajstić information content (AvgIpc) is 2.82. The average molecular weight is 248 g/mol. The van der Waals surface area contributed by atoms with Crippen LogP contribution in [0.3, 0.4) is 0 Å². The monoisotopic (exact) mass is 248 g/mol. The molecule has 0 atom stereocenters. The van der Waals surface area contributed by atoms with Crippen molar-refractivity contribution in [3.63, 3.8) is 0 Å². The number of rotatable bonds is 3. The van der Waals surface area contributed by atoms with E-state index in [1.807, 2.05) is 5.38 Å². The first-order valence-corrected chi connectivity index (χ1v) is 5.64. The number of carbonyl (C=O) groups excluding carboxylic acids is 1. The van der Waals surface area contributed by atoms with Crippen molar-refractivity contribution in [3.8, 4) is 0 Å². The van der Waals surface area contributed by atoms with Gasteiger partial charge >= 0.3 is 5.97 Å². The van der Waals surface area contributed by atoms with E-state index in [1.165, 1.54) is 29.7 Å². The predicted molar refractivity (Wildman–Crippen MR) is 63.5 cm³/mol. The van der Waals surface area contributed by atoms with Crippen LogP contribution in [-0.4, -0.2) is 22.0 Å². The van der Waals surface area contributed by atoms with E-state index in [-0.39, 0.29) is 17.2 Å². The Morgan fingerprint density at radius 3 is 2.82 bits per heavy atom. The van der Waals surface area contributed by atoms with Crippen LogP contribution >= 0.6 is 11.3 Å². The molecule has 0 aromatic carbocycles. The summed E-state index contributed by atoms with van der Waals surface area (Å²) in [5.74, 6) is -1.51. The fourth-order valence-corrected chi connectivity index (χ4v) is 1.82. The summed E-state index contributed by atoms with van der Waals surface area (Å²) in [5, 5.41) is 15.0. The number of pyridine rings is 1. The molecule has 0 aliphatic heterocycles. The molecule has 2 heterocycles. The topological polar surface area (TPSA) is 79.3 Å². The van der Waals surface area contributed by atoms with E-state index in [9.17, 15) is 9.59 Å². The molecule has 2 aromatic heterocycles. The zero-order valence-electron chi connectivity index (χ0n) is 8.58. The Morgan fingerprint density at radius 1 is 1.35 bits per heavy atom. The van der Waals surface area contributed by atoms with E-state index in [0.29, 0.717) is 5.69 Å². The van der Waals surface area contributed by atoms with Crippen molar-refractivity contribution in [2.75, 3.05) is 5.32 Å². The lowest BCUT2D eigenvalue weighted by Crippen LogP contribution is -2.12. The summed E-state index contributed by atoms with van der Waals surface area (Å²) in [4.78, 5) is 26.1. The molecule has 86 valence electrons. The SMILES string of the molecule is O=C(Nc1ccsc1)c1ccnc(C(=O)O)c1. The number of carboxylic acid groups (broad SMARTS) is 1. The van der Waals surface area contributed by atoms with Crippen molar-refractivity contribution in [3.05, 3.63) is 46.4 Å². The molecule has 1 amide bonds. The van der Waals surface area contributed by atoms with Gasteiger partial charge in [0.25, 0.3) is 5.91 Å². The van der Waals surface area contributed by atoms with Crippen LogP contribution in [0, 0.1) is 0 Å². The summed E-state index contributed by atoms with van der Waals surface area (Å²) in [6.45, 7) is 0. The number of aromatic nitrogens is 1. The summed E-state index contributed by atoms with van der Waals surface area (Å²) in [6.07, 6.45) is 1.30. The van der Waals surface area contributed by atoms with Gasteiger partial charge in [0.05, 0.1) is 5.69 Å². The molecular formula is C11H8N2O3S. The molecule has 2 rings (SSSR count). The first kappa shape index (κ1) is 11.3. The maximum atomic E-state index is 11.8. The van der Waals surface area contributed by atoms with E-state index < -0.39 is 5.97 Å². The number of carbonyl (C=O) groups is 2. The van der Waals surface area contributed by atoms with Gasteiger partial charge in [-0.3, -0.25) is 4.79 Å². The lowest BCUT2D eigenvalue weighted by atomic mass is 10.2. The number of carboxylic acids is 1. The van der Waals surface area contributed by atoms with Crippen molar-refractivity contribution in [2.45, 2.75) is 0 Å². The van der Waals surface area contributed by atoms with Crippen LogP contribution in [0.1, 0.15) is 20.8 Å². The molecule has 0 radical (unpaired) electrons. The lowest BCUT2D eigenvalue weighted by molar-refractivity contribution is 0.0690. The van der Waals surface area contributed by atoms with Crippen LogP contribution in [0.5, 0.6) is 0 Å². The highest BCUT2D eigenvalue weighted by atomic mass is 32.1. The normalized spacial score (nSPS) is 9.88. The second-order valence-corrected chi connectivity index (χ2v) is 3.98. The van der Waals surface area contributed by atoms with Crippen LogP contribution in [0.2, 0.25) is 0 Å². The van der Waals surface area contributed by atoms with E-state index >= 15 is 0 Å². The van der Waals surface area contributed by atoms with Gasteiger partial charge in [0.2, 0.25) is 0 Å². The molecule has 0 aliphatic carbocycles. The number of anilines is 1. The fourth-order valence-electron chi connectivity index (χ4n) is 1.23. The zero-order valence-corrected chi connectivity index (χ0v) is 9.40. The molecule has 0 fully saturated rings. The number of aromatic carboxylic acids is 1. The minimum absolute atomic E-state index is 0.150. The molecule has 5 nitrogen and oxygen atoms in total. The van der Waals surface area contributed by atoms with Crippen LogP contribution < -0.4 is 5.32 Å². The maximum Gasteiger partial charge on any atom is 0.354 e. The Hall–Kier alpha value is -2.21. The Morgan fingerprint density at radius 2 is 2.18 bits per heavy atom. The van der Waals surface area contributed by atoms with E-state index in [1.54, 1.807) is 11.4 Å². The van der Waals surface area contributed by atoms with Crippen molar-refractivity contribution in [2.24, 2.45) is 0 Å². The number of nitrogens with zero attached hydrogens (tertiary/aromatic N) is 1. The van der Waals surface area contributed by atoms with Gasteiger partial charge in [0.1, 0.15) is 5.69 Å². The molecule has 2 aromatic rings. The lowest BCUT2D eigenvalue weighted by Gasteiger charge is -2.03.